The van der Waals surface area contributed by atoms with Crippen LogP contribution >= 0.6 is 0 Å². The predicted octanol–water partition coefficient (Wildman–Crippen LogP) is 1.95. The number of hydrogen-bond donors (Lipinski definition) is 1. The number of hydrogen-bond acceptors (Lipinski definition) is 3. The molecule has 0 heterocycles. The molecule has 0 aliphatic rings. The molecule has 0 unspecified atom stereocenters. The Hall–Kier alpha value is -0.910. The first-order chi connectivity index (χ1) is 8.60. The maximum absolute atomic E-state index is 11.9. The second-order valence-corrected chi connectivity index (χ2v) is 5.76. The zero-order valence-corrected chi connectivity index (χ0v) is 11.8. The minimum atomic E-state index is -3.40. The summed E-state index contributed by atoms with van der Waals surface area (Å²) in [5, 5.41) is 0. The highest BCUT2D eigenvalue weighted by atomic mass is 32.2. The third-order valence-electron chi connectivity index (χ3n) is 2.51. The Kier molecular flexibility index (Phi) is 6.32. The van der Waals surface area contributed by atoms with E-state index in [0.29, 0.717) is 24.7 Å². The van der Waals surface area contributed by atoms with E-state index >= 15 is 0 Å². The standard InChI is InChI=1S/C13H21NO3S/c1-3-5-12-6-8-13(9-7-12)18(15,16)14-10-11-17-4-2/h6-9,14H,3-5,10-11H2,1-2H3. The Morgan fingerprint density at radius 1 is 1.17 bits per heavy atom. The van der Waals surface area contributed by atoms with Crippen LogP contribution in [0, 0.1) is 0 Å². The molecule has 0 aliphatic heterocycles. The van der Waals surface area contributed by atoms with Crippen LogP contribution in [0.25, 0.3) is 0 Å². The zero-order chi connectivity index (χ0) is 13.4. The molecule has 1 aromatic rings. The van der Waals surface area contributed by atoms with Gasteiger partial charge in [-0.3, -0.25) is 0 Å². The minimum Gasteiger partial charge on any atom is -0.380 e. The van der Waals surface area contributed by atoms with Crippen LogP contribution in [-0.2, 0) is 21.2 Å². The molecular weight excluding hydrogens is 250 g/mol. The van der Waals surface area contributed by atoms with Gasteiger partial charge in [-0.05, 0) is 31.0 Å². The van der Waals surface area contributed by atoms with Gasteiger partial charge in [0.25, 0.3) is 0 Å². The third kappa shape index (κ3) is 4.76. The molecule has 18 heavy (non-hydrogen) atoms. The van der Waals surface area contributed by atoms with E-state index < -0.39 is 10.0 Å². The molecule has 1 aromatic carbocycles. The zero-order valence-electron chi connectivity index (χ0n) is 11.0. The van der Waals surface area contributed by atoms with E-state index in [0.717, 1.165) is 18.4 Å². The van der Waals surface area contributed by atoms with Crippen LogP contribution in [0.2, 0.25) is 0 Å². The average Bonchev–Trinajstić information content (AvgIpc) is 2.36. The van der Waals surface area contributed by atoms with Gasteiger partial charge in [-0.15, -0.1) is 0 Å². The quantitative estimate of drug-likeness (QED) is 0.735. The molecular formula is C13H21NO3S. The van der Waals surface area contributed by atoms with Gasteiger partial charge in [-0.25, -0.2) is 13.1 Å². The highest BCUT2D eigenvalue weighted by Gasteiger charge is 2.12. The van der Waals surface area contributed by atoms with E-state index in [-0.39, 0.29) is 0 Å². The molecule has 1 N–H and O–H groups in total. The number of benzene rings is 1. The second-order valence-electron chi connectivity index (χ2n) is 3.99. The highest BCUT2D eigenvalue weighted by molar-refractivity contribution is 7.89. The van der Waals surface area contributed by atoms with Gasteiger partial charge in [-0.2, -0.15) is 0 Å². The second kappa shape index (κ2) is 7.51. The molecule has 0 saturated carbocycles. The van der Waals surface area contributed by atoms with Crippen LogP contribution in [0.5, 0.6) is 0 Å². The van der Waals surface area contributed by atoms with Gasteiger partial charge >= 0.3 is 0 Å². The van der Waals surface area contributed by atoms with Gasteiger partial charge in [0.15, 0.2) is 0 Å². The Bertz CT molecular complexity index is 440. The molecule has 0 fully saturated rings. The number of nitrogens with one attached hydrogen (secondary N) is 1. The van der Waals surface area contributed by atoms with Gasteiger partial charge in [0.1, 0.15) is 0 Å². The first kappa shape index (κ1) is 15.1. The van der Waals surface area contributed by atoms with E-state index in [9.17, 15) is 8.42 Å². The molecule has 0 amide bonds. The lowest BCUT2D eigenvalue weighted by molar-refractivity contribution is 0.153. The van der Waals surface area contributed by atoms with Crippen molar-refractivity contribution in [2.45, 2.75) is 31.6 Å². The van der Waals surface area contributed by atoms with Crippen molar-refractivity contribution in [2.75, 3.05) is 19.8 Å². The molecule has 0 atom stereocenters. The summed E-state index contributed by atoms with van der Waals surface area (Å²) in [7, 11) is -3.40. The first-order valence-corrected chi connectivity index (χ1v) is 7.74. The van der Waals surface area contributed by atoms with Crippen LogP contribution in [0.1, 0.15) is 25.8 Å². The van der Waals surface area contributed by atoms with Gasteiger partial charge in [0.2, 0.25) is 10.0 Å². The summed E-state index contributed by atoms with van der Waals surface area (Å²) in [6, 6.07) is 7.02. The summed E-state index contributed by atoms with van der Waals surface area (Å²) in [5.41, 5.74) is 1.16. The van der Waals surface area contributed by atoms with E-state index in [1.807, 2.05) is 19.1 Å². The maximum atomic E-state index is 11.9. The fourth-order valence-corrected chi connectivity index (χ4v) is 2.61. The fraction of sp³-hybridized carbons (Fsp3) is 0.538. The summed E-state index contributed by atoms with van der Waals surface area (Å²) in [6.45, 7) is 5.25. The molecule has 0 spiro atoms. The summed E-state index contributed by atoms with van der Waals surface area (Å²) in [6.07, 6.45) is 2.02. The van der Waals surface area contributed by atoms with Crippen molar-refractivity contribution in [1.29, 1.82) is 0 Å². The van der Waals surface area contributed by atoms with Crippen molar-refractivity contribution < 1.29 is 13.2 Å². The number of rotatable bonds is 8. The number of sulfonamides is 1. The smallest absolute Gasteiger partial charge is 0.240 e. The van der Waals surface area contributed by atoms with E-state index in [1.54, 1.807) is 12.1 Å². The first-order valence-electron chi connectivity index (χ1n) is 6.26. The Balaban J connectivity index is 2.61. The summed E-state index contributed by atoms with van der Waals surface area (Å²) in [4.78, 5) is 0.304. The lowest BCUT2D eigenvalue weighted by Crippen LogP contribution is -2.27. The molecule has 0 aliphatic carbocycles. The molecule has 0 bridgehead atoms. The van der Waals surface area contributed by atoms with Crippen molar-refractivity contribution in [3.63, 3.8) is 0 Å². The third-order valence-corrected chi connectivity index (χ3v) is 3.99. The monoisotopic (exact) mass is 271 g/mol. The van der Waals surface area contributed by atoms with Crippen molar-refractivity contribution in [1.82, 2.24) is 4.72 Å². The summed E-state index contributed by atoms with van der Waals surface area (Å²) < 4.78 is 31.4. The number of aryl methyl sites for hydroxylation is 1. The Labute approximate surface area is 109 Å². The lowest BCUT2D eigenvalue weighted by atomic mass is 10.1. The predicted molar refractivity (Wildman–Crippen MR) is 72.1 cm³/mol. The normalized spacial score (nSPS) is 11.7. The van der Waals surface area contributed by atoms with Crippen LogP contribution < -0.4 is 4.72 Å². The van der Waals surface area contributed by atoms with E-state index in [1.165, 1.54) is 0 Å². The molecule has 4 nitrogen and oxygen atoms in total. The van der Waals surface area contributed by atoms with E-state index in [4.69, 9.17) is 4.74 Å². The lowest BCUT2D eigenvalue weighted by Gasteiger charge is -2.07. The maximum Gasteiger partial charge on any atom is 0.240 e. The summed E-state index contributed by atoms with van der Waals surface area (Å²) >= 11 is 0. The molecule has 0 saturated heterocycles. The molecule has 0 radical (unpaired) electrons. The van der Waals surface area contributed by atoms with Crippen molar-refractivity contribution >= 4 is 10.0 Å². The van der Waals surface area contributed by atoms with Crippen molar-refractivity contribution in [3.05, 3.63) is 29.8 Å². The summed E-state index contributed by atoms with van der Waals surface area (Å²) in [5.74, 6) is 0. The minimum absolute atomic E-state index is 0.298. The highest BCUT2D eigenvalue weighted by Crippen LogP contribution is 2.11. The SMILES string of the molecule is CCCc1ccc(S(=O)(=O)NCCOCC)cc1. The van der Waals surface area contributed by atoms with Gasteiger partial charge < -0.3 is 4.74 Å². The van der Waals surface area contributed by atoms with Crippen LogP contribution in [0.3, 0.4) is 0 Å². The van der Waals surface area contributed by atoms with Crippen molar-refractivity contribution in [2.24, 2.45) is 0 Å². The van der Waals surface area contributed by atoms with E-state index in [2.05, 4.69) is 11.6 Å². The molecule has 0 aromatic heterocycles. The Morgan fingerprint density at radius 2 is 1.83 bits per heavy atom. The molecule has 102 valence electrons. The van der Waals surface area contributed by atoms with Crippen LogP contribution in [0.4, 0.5) is 0 Å². The molecule has 1 rings (SSSR count). The largest absolute Gasteiger partial charge is 0.380 e. The Morgan fingerprint density at radius 3 is 2.39 bits per heavy atom. The van der Waals surface area contributed by atoms with Gasteiger partial charge in [0, 0.05) is 13.2 Å². The topological polar surface area (TPSA) is 55.4 Å². The van der Waals surface area contributed by atoms with Crippen molar-refractivity contribution in [3.8, 4) is 0 Å². The molecule has 5 heteroatoms. The van der Waals surface area contributed by atoms with Crippen LogP contribution in [-0.4, -0.2) is 28.2 Å². The van der Waals surface area contributed by atoms with Gasteiger partial charge in [-0.1, -0.05) is 25.5 Å². The number of ether oxygens (including phenoxy) is 1. The van der Waals surface area contributed by atoms with Crippen LogP contribution in [0.15, 0.2) is 29.2 Å². The fourth-order valence-electron chi connectivity index (χ4n) is 1.60. The van der Waals surface area contributed by atoms with Gasteiger partial charge in [0.05, 0.1) is 11.5 Å². The average molecular weight is 271 g/mol.